The van der Waals surface area contributed by atoms with Crippen LogP contribution in [0.2, 0.25) is 44.8 Å². The minimum absolute atomic E-state index is 0.147. The molecule has 0 spiro atoms. The van der Waals surface area contributed by atoms with Gasteiger partial charge in [0.25, 0.3) is 0 Å². The third kappa shape index (κ3) is 10.2. The number of hydrogen-bond donors (Lipinski definition) is 0. The van der Waals surface area contributed by atoms with Gasteiger partial charge < -0.3 is 4.43 Å². The number of unbranched alkanes of at least 4 members (excludes halogenated alkanes) is 15. The van der Waals surface area contributed by atoms with Crippen molar-refractivity contribution < 1.29 is 4.43 Å². The Balaban J connectivity index is 2.06. The summed E-state index contributed by atoms with van der Waals surface area (Å²) in [7, 11) is -3.88. The molecule has 1 aliphatic rings. The van der Waals surface area contributed by atoms with Crippen molar-refractivity contribution in [3.63, 3.8) is 0 Å². The summed E-state index contributed by atoms with van der Waals surface area (Å²) in [4.78, 5) is 0. The predicted octanol–water partition coefficient (Wildman–Crippen LogP) is 10.2. The van der Waals surface area contributed by atoms with Crippen LogP contribution < -0.4 is 0 Å². The first-order valence-electron chi connectivity index (χ1n) is 14.2. The van der Waals surface area contributed by atoms with Gasteiger partial charge in [0, 0.05) is 13.2 Å². The van der Waals surface area contributed by atoms with Gasteiger partial charge in [0.1, 0.15) is 0 Å². The highest BCUT2D eigenvalue weighted by Crippen LogP contribution is 2.45. The van der Waals surface area contributed by atoms with Crippen molar-refractivity contribution in [1.82, 2.24) is 0 Å². The fourth-order valence-corrected chi connectivity index (χ4v) is 39.7. The zero-order valence-corrected chi connectivity index (χ0v) is 26.1. The quantitative estimate of drug-likeness (QED) is 0.147. The molecule has 1 aliphatic heterocycles. The topological polar surface area (TPSA) is 9.23 Å². The molecule has 0 N–H and O–H groups in total. The molecule has 1 atom stereocenters. The Morgan fingerprint density at radius 3 is 1.32 bits per heavy atom. The molecule has 0 aliphatic carbocycles. The predicted molar refractivity (Wildman–Crippen MR) is 151 cm³/mol. The lowest BCUT2D eigenvalue weighted by molar-refractivity contribution is 0.120. The van der Waals surface area contributed by atoms with E-state index in [4.69, 9.17) is 4.43 Å². The molecule has 1 heterocycles. The monoisotopic (exact) mass is 484 g/mol. The van der Waals surface area contributed by atoms with Gasteiger partial charge in [0.15, 0.2) is 7.83 Å². The minimum atomic E-state index is -1.54. The molecule has 1 nitrogen and oxygen atoms in total. The van der Waals surface area contributed by atoms with Gasteiger partial charge in [0.2, 0.25) is 0 Å². The largest absolute Gasteiger partial charge is 0.415 e. The van der Waals surface area contributed by atoms with Crippen LogP contribution >= 0.6 is 0 Å². The standard InChI is InChI=1S/C27H60OSi3/c1-9-10-11-12-13-14-15-16-17-18-19-20-21-22-23-24-25-31(8)28-27(2,3)26-29(4,5)30(31,6)7/h9-26H2,1-8H3. The summed E-state index contributed by atoms with van der Waals surface area (Å²) in [6.07, 6.45) is 23.3. The van der Waals surface area contributed by atoms with Gasteiger partial charge in [-0.2, -0.15) is 0 Å². The van der Waals surface area contributed by atoms with Crippen LogP contribution in [0.15, 0.2) is 0 Å². The molecule has 0 saturated carbocycles. The first-order chi connectivity index (χ1) is 14.5. The van der Waals surface area contributed by atoms with E-state index in [1.807, 2.05) is 0 Å². The van der Waals surface area contributed by atoms with Crippen LogP contribution in [0.4, 0.5) is 0 Å². The number of rotatable bonds is 17. The Labute approximate surface area is 200 Å². The molecule has 31 heavy (non-hydrogen) atoms. The average molecular weight is 485 g/mol. The third-order valence-corrected chi connectivity index (χ3v) is 49.5. The minimum Gasteiger partial charge on any atom is -0.415 e. The first-order valence-corrected chi connectivity index (χ1v) is 25.0. The molecule has 1 unspecified atom stereocenters. The second kappa shape index (κ2) is 14.1. The molecule has 1 rings (SSSR count). The van der Waals surface area contributed by atoms with E-state index in [0.717, 1.165) is 0 Å². The van der Waals surface area contributed by atoms with E-state index >= 15 is 0 Å². The van der Waals surface area contributed by atoms with Crippen LogP contribution in [0.5, 0.6) is 0 Å². The fourth-order valence-electron chi connectivity index (χ4n) is 6.15. The highest BCUT2D eigenvalue weighted by Gasteiger charge is 2.61. The summed E-state index contributed by atoms with van der Waals surface area (Å²) in [5.74, 6) is 0. The van der Waals surface area contributed by atoms with E-state index in [1.165, 1.54) is 115 Å². The van der Waals surface area contributed by atoms with Gasteiger partial charge >= 0.3 is 0 Å². The van der Waals surface area contributed by atoms with Crippen LogP contribution in [-0.4, -0.2) is 28.1 Å². The smallest absolute Gasteiger partial charge is 0.174 e. The molecule has 186 valence electrons. The molecule has 1 saturated heterocycles. The maximum Gasteiger partial charge on any atom is 0.174 e. The van der Waals surface area contributed by atoms with E-state index < -0.39 is 22.5 Å². The second-order valence-electron chi connectivity index (χ2n) is 12.8. The molecule has 0 aromatic heterocycles. The molecule has 0 amide bonds. The van der Waals surface area contributed by atoms with E-state index in [1.54, 1.807) is 0 Å². The highest BCUT2D eigenvalue weighted by atomic mass is 29.6. The highest BCUT2D eigenvalue weighted by molar-refractivity contribution is 7.67. The van der Waals surface area contributed by atoms with Crippen molar-refractivity contribution in [3.8, 4) is 0 Å². The van der Waals surface area contributed by atoms with E-state index in [-0.39, 0.29) is 5.60 Å². The molecule has 1 fully saturated rings. The lowest BCUT2D eigenvalue weighted by atomic mass is 10.0. The summed E-state index contributed by atoms with van der Waals surface area (Å²) in [5, 5.41) is 0. The Morgan fingerprint density at radius 1 is 0.581 bits per heavy atom. The summed E-state index contributed by atoms with van der Waals surface area (Å²) in [6, 6.07) is 2.81. The van der Waals surface area contributed by atoms with Crippen molar-refractivity contribution >= 4 is 22.5 Å². The van der Waals surface area contributed by atoms with Crippen LogP contribution in [-0.2, 0) is 4.43 Å². The summed E-state index contributed by atoms with van der Waals surface area (Å²) in [6.45, 7) is 20.5. The van der Waals surface area contributed by atoms with Crippen molar-refractivity contribution in [2.45, 2.75) is 174 Å². The Kier molecular flexibility index (Phi) is 13.5. The van der Waals surface area contributed by atoms with Gasteiger partial charge in [-0.25, -0.2) is 0 Å². The second-order valence-corrected chi connectivity index (χ2v) is 39.6. The molecule has 0 radical (unpaired) electrons. The Morgan fingerprint density at radius 2 is 0.935 bits per heavy atom. The molecule has 0 aromatic rings. The maximum atomic E-state index is 6.97. The summed E-state index contributed by atoms with van der Waals surface area (Å²) in [5.41, 5.74) is 0.147. The van der Waals surface area contributed by atoms with Crippen LogP contribution in [0, 0.1) is 0 Å². The van der Waals surface area contributed by atoms with Crippen molar-refractivity contribution in [2.75, 3.05) is 0 Å². The van der Waals surface area contributed by atoms with Gasteiger partial charge in [-0.05, 0) is 32.5 Å². The first kappa shape index (κ1) is 29.6. The van der Waals surface area contributed by atoms with Crippen molar-refractivity contribution in [3.05, 3.63) is 0 Å². The summed E-state index contributed by atoms with van der Waals surface area (Å²) < 4.78 is 6.97. The lowest BCUT2D eigenvalue weighted by Gasteiger charge is -2.59. The van der Waals surface area contributed by atoms with E-state index in [2.05, 4.69) is 53.5 Å². The molecule has 4 heteroatoms. The van der Waals surface area contributed by atoms with Crippen LogP contribution in [0.25, 0.3) is 0 Å². The Hall–Kier alpha value is 0.611. The fraction of sp³-hybridized carbons (Fsp3) is 1.00. The SMILES string of the molecule is CCCCCCCCCCCCCCCCCC[Si]1(C)OC(C)(C)C[Si](C)(C)[Si]1(C)C. The third-order valence-electron chi connectivity index (χ3n) is 8.89. The molecule has 0 bridgehead atoms. The van der Waals surface area contributed by atoms with Crippen molar-refractivity contribution in [1.29, 1.82) is 0 Å². The van der Waals surface area contributed by atoms with Crippen LogP contribution in [0.1, 0.15) is 124 Å². The van der Waals surface area contributed by atoms with Gasteiger partial charge in [0.05, 0.1) is 7.11 Å². The normalized spacial score (nSPS) is 24.4. The van der Waals surface area contributed by atoms with Crippen LogP contribution in [0.3, 0.4) is 0 Å². The van der Waals surface area contributed by atoms with E-state index in [9.17, 15) is 0 Å². The van der Waals surface area contributed by atoms with E-state index in [0.29, 0.717) is 0 Å². The van der Waals surface area contributed by atoms with Crippen molar-refractivity contribution in [2.24, 2.45) is 0 Å². The Bertz CT molecular complexity index is 475. The zero-order valence-electron chi connectivity index (χ0n) is 23.1. The lowest BCUT2D eigenvalue weighted by Crippen LogP contribution is -2.78. The number of hydrogen-bond acceptors (Lipinski definition) is 1. The average Bonchev–Trinajstić information content (AvgIpc) is 2.65. The summed E-state index contributed by atoms with van der Waals surface area (Å²) >= 11 is 0. The van der Waals surface area contributed by atoms with Gasteiger partial charge in [-0.15, -0.1) is 0 Å². The molecule has 0 aromatic carbocycles. The molecular formula is C27H60OSi3. The maximum absolute atomic E-state index is 6.97. The molecular weight excluding hydrogens is 425 g/mol. The van der Waals surface area contributed by atoms with Gasteiger partial charge in [-0.1, -0.05) is 136 Å². The van der Waals surface area contributed by atoms with Gasteiger partial charge in [-0.3, -0.25) is 0 Å². The zero-order chi connectivity index (χ0) is 23.4.